The lowest BCUT2D eigenvalue weighted by molar-refractivity contribution is -0.158. The maximum Gasteiger partial charge on any atom is 0.364 e. The van der Waals surface area contributed by atoms with Gasteiger partial charge in [-0.1, -0.05) is 0 Å². The fourth-order valence-corrected chi connectivity index (χ4v) is 3.78. The van der Waals surface area contributed by atoms with Gasteiger partial charge >= 0.3 is 19.5 Å². The first kappa shape index (κ1) is 19.6. The van der Waals surface area contributed by atoms with Gasteiger partial charge in [0.2, 0.25) is 0 Å². The summed E-state index contributed by atoms with van der Waals surface area (Å²) in [5.41, 5.74) is 0.164. The quantitative estimate of drug-likeness (QED) is 0.480. The molecular formula is C12H21N2O8P. The molecule has 1 aliphatic rings. The van der Waals surface area contributed by atoms with Crippen LogP contribution in [-0.2, 0) is 32.7 Å². The number of ether oxygens (including phenoxy) is 2. The third-order valence-corrected chi connectivity index (χ3v) is 6.09. The highest BCUT2D eigenvalue weighted by molar-refractivity contribution is 7.55. The van der Waals surface area contributed by atoms with Gasteiger partial charge in [-0.05, 0) is 13.8 Å². The molecule has 132 valence electrons. The fraction of sp³-hybridized carbons (Fsp3) is 0.750. The number of rotatable bonds is 7. The van der Waals surface area contributed by atoms with Crippen LogP contribution in [0.3, 0.4) is 0 Å². The Kier molecular flexibility index (Phi) is 5.92. The highest BCUT2D eigenvalue weighted by atomic mass is 31.2. The zero-order chi connectivity index (χ0) is 17.9. The molecule has 0 spiro atoms. The van der Waals surface area contributed by atoms with E-state index in [1.165, 1.54) is 0 Å². The Morgan fingerprint density at radius 1 is 1.39 bits per heavy atom. The molecule has 2 unspecified atom stereocenters. The Hall–Kier alpha value is -1.48. The Labute approximate surface area is 133 Å². The summed E-state index contributed by atoms with van der Waals surface area (Å²) in [6.45, 7) is 2.64. The van der Waals surface area contributed by atoms with E-state index in [0.717, 1.165) is 28.3 Å². The molecule has 0 aromatic rings. The predicted molar refractivity (Wildman–Crippen MR) is 78.8 cm³/mol. The minimum atomic E-state index is -4.17. The lowest BCUT2D eigenvalue weighted by Crippen LogP contribution is -2.64. The van der Waals surface area contributed by atoms with Crippen molar-refractivity contribution in [2.45, 2.75) is 31.1 Å². The molecule has 1 heterocycles. The van der Waals surface area contributed by atoms with Crippen LogP contribution >= 0.6 is 7.60 Å². The van der Waals surface area contributed by atoms with Crippen LogP contribution < -0.4 is 5.43 Å². The van der Waals surface area contributed by atoms with Crippen molar-refractivity contribution in [2.24, 2.45) is 5.10 Å². The number of esters is 2. The lowest BCUT2D eigenvalue weighted by Gasteiger charge is -2.41. The number of hydrogen-bond donors (Lipinski definition) is 2. The summed E-state index contributed by atoms with van der Waals surface area (Å²) in [6, 6.07) is 0. The van der Waals surface area contributed by atoms with Crippen molar-refractivity contribution < 1.29 is 37.8 Å². The molecule has 0 bridgehead atoms. The van der Waals surface area contributed by atoms with E-state index < -0.39 is 36.8 Å². The van der Waals surface area contributed by atoms with Crippen LogP contribution in [0.4, 0.5) is 0 Å². The summed E-state index contributed by atoms with van der Waals surface area (Å²) < 4.78 is 31.8. The molecule has 0 aliphatic carbocycles. The summed E-state index contributed by atoms with van der Waals surface area (Å²) in [7, 11) is -0.905. The van der Waals surface area contributed by atoms with Gasteiger partial charge in [-0.2, -0.15) is 5.10 Å². The van der Waals surface area contributed by atoms with E-state index >= 15 is 0 Å². The van der Waals surface area contributed by atoms with Gasteiger partial charge in [0.1, 0.15) is 5.71 Å². The van der Waals surface area contributed by atoms with Crippen LogP contribution in [0.25, 0.3) is 0 Å². The Morgan fingerprint density at radius 3 is 2.39 bits per heavy atom. The predicted octanol–water partition coefficient (Wildman–Crippen LogP) is 0.00500. The fourth-order valence-electron chi connectivity index (χ4n) is 2.23. The first-order chi connectivity index (χ1) is 10.7. The number of carbonyl (C=O) groups is 2. The van der Waals surface area contributed by atoms with E-state index in [2.05, 4.69) is 15.3 Å². The number of hydrogen-bond acceptors (Lipinski definition) is 10. The lowest BCUT2D eigenvalue weighted by atomic mass is 9.88. The maximum absolute atomic E-state index is 12.7. The van der Waals surface area contributed by atoms with Crippen molar-refractivity contribution in [2.75, 3.05) is 27.9 Å². The number of nitrogens with zero attached hydrogens (tertiary/aromatic N) is 1. The zero-order valence-electron chi connectivity index (χ0n) is 13.6. The Morgan fingerprint density at radius 2 is 1.96 bits per heavy atom. The number of carbonyl (C=O) groups excluding carboxylic acids is 2. The molecule has 0 amide bonds. The van der Waals surface area contributed by atoms with Crippen LogP contribution in [0.2, 0.25) is 0 Å². The molecule has 0 aromatic carbocycles. The summed E-state index contributed by atoms with van der Waals surface area (Å²) >= 11 is 0. The molecule has 1 rings (SSSR count). The molecule has 0 radical (unpaired) electrons. The van der Waals surface area contributed by atoms with Gasteiger partial charge in [-0.25, -0.2) is 9.59 Å². The van der Waals surface area contributed by atoms with Gasteiger partial charge in [0, 0.05) is 20.6 Å². The van der Waals surface area contributed by atoms with E-state index in [1.807, 2.05) is 0 Å². The molecule has 0 aromatic heterocycles. The monoisotopic (exact) mass is 352 g/mol. The smallest absolute Gasteiger partial charge is 0.364 e. The van der Waals surface area contributed by atoms with Gasteiger partial charge in [-0.15, -0.1) is 0 Å². The van der Waals surface area contributed by atoms with Gasteiger partial charge < -0.3 is 23.6 Å². The molecule has 23 heavy (non-hydrogen) atoms. The van der Waals surface area contributed by atoms with Crippen LogP contribution in [0, 0.1) is 0 Å². The molecular weight excluding hydrogens is 331 g/mol. The van der Waals surface area contributed by atoms with Crippen molar-refractivity contribution in [3.05, 3.63) is 0 Å². The molecule has 0 saturated carbocycles. The van der Waals surface area contributed by atoms with Crippen LogP contribution in [0.15, 0.2) is 5.10 Å². The average Bonchev–Trinajstić information content (AvgIpc) is 3.00. The average molecular weight is 352 g/mol. The molecule has 0 saturated heterocycles. The van der Waals surface area contributed by atoms with Crippen molar-refractivity contribution in [1.82, 2.24) is 5.43 Å². The van der Waals surface area contributed by atoms with E-state index in [-0.39, 0.29) is 12.3 Å². The third-order valence-electron chi connectivity index (χ3n) is 3.68. The molecule has 2 atom stereocenters. The highest BCUT2D eigenvalue weighted by Gasteiger charge is 2.67. The maximum atomic E-state index is 12.7. The molecule has 2 N–H and O–H groups in total. The van der Waals surface area contributed by atoms with Gasteiger partial charge in [0.15, 0.2) is 10.9 Å². The van der Waals surface area contributed by atoms with Crippen molar-refractivity contribution >= 4 is 25.2 Å². The number of aliphatic hydroxyl groups is 1. The van der Waals surface area contributed by atoms with E-state index in [0.29, 0.717) is 0 Å². The normalized spacial score (nSPS) is 23.5. The van der Waals surface area contributed by atoms with E-state index in [9.17, 15) is 19.3 Å². The first-order valence-corrected chi connectivity index (χ1v) is 8.23. The van der Waals surface area contributed by atoms with E-state index in [4.69, 9.17) is 13.8 Å². The van der Waals surface area contributed by atoms with Crippen molar-refractivity contribution in [3.63, 3.8) is 0 Å². The number of methoxy groups -OCH3 is 1. The van der Waals surface area contributed by atoms with Crippen molar-refractivity contribution in [1.29, 1.82) is 0 Å². The Bertz CT molecular complexity index is 553. The number of hydrazone groups is 1. The Balaban J connectivity index is 3.37. The second kappa shape index (κ2) is 6.96. The van der Waals surface area contributed by atoms with Crippen molar-refractivity contribution in [3.8, 4) is 0 Å². The molecule has 11 heteroatoms. The highest BCUT2D eigenvalue weighted by Crippen LogP contribution is 2.62. The SMILES string of the molecule is CCOC(=O)C1(C(C)(O)P(=O)(OC)OC)CC(C(=O)OC)=NN1. The van der Waals surface area contributed by atoms with Crippen LogP contribution in [-0.4, -0.2) is 61.6 Å². The molecule has 10 nitrogen and oxygen atoms in total. The molecule has 0 fully saturated rings. The van der Waals surface area contributed by atoms with Gasteiger partial charge in [0.05, 0.1) is 13.7 Å². The molecule has 1 aliphatic heterocycles. The third kappa shape index (κ3) is 2.99. The van der Waals surface area contributed by atoms with Gasteiger partial charge in [0.25, 0.3) is 0 Å². The minimum Gasteiger partial charge on any atom is -0.464 e. The van der Waals surface area contributed by atoms with Crippen LogP contribution in [0.1, 0.15) is 20.3 Å². The second-order valence-electron chi connectivity index (χ2n) is 4.85. The van der Waals surface area contributed by atoms with Crippen LogP contribution in [0.5, 0.6) is 0 Å². The summed E-state index contributed by atoms with van der Waals surface area (Å²) in [5, 5.41) is 12.2. The largest absolute Gasteiger partial charge is 0.464 e. The summed E-state index contributed by atoms with van der Waals surface area (Å²) in [6.07, 6.45) is -0.414. The summed E-state index contributed by atoms with van der Waals surface area (Å²) in [4.78, 5) is 24.1. The minimum absolute atomic E-state index is 0.00380. The first-order valence-electron chi connectivity index (χ1n) is 6.69. The topological polar surface area (TPSA) is 133 Å². The second-order valence-corrected chi connectivity index (χ2v) is 7.44. The summed E-state index contributed by atoms with van der Waals surface area (Å²) in [5.74, 6) is -1.76. The van der Waals surface area contributed by atoms with Gasteiger partial charge in [-0.3, -0.25) is 9.99 Å². The zero-order valence-corrected chi connectivity index (χ0v) is 14.5. The van der Waals surface area contributed by atoms with E-state index in [1.54, 1.807) is 6.92 Å². The number of nitrogens with one attached hydrogen (secondary N) is 1. The standard InChI is InChI=1S/C12H21N2O8P/c1-6-22-10(16)12(7-8(13-14-12)9(15)19-3)11(2,17)23(18,20-4)21-5/h14,17H,6-7H2,1-5H3.